The minimum atomic E-state index is -0.908. The minimum absolute atomic E-state index is 0.546. The Hall–Kier alpha value is -0.930. The number of nitrogens with zero attached hydrogens (tertiary/aromatic N) is 1. The number of ether oxygens (including phenoxy) is 1. The molecule has 0 fully saturated rings. The van der Waals surface area contributed by atoms with E-state index in [9.17, 15) is 9.70 Å². The molecule has 4 heteroatoms. The lowest BCUT2D eigenvalue weighted by molar-refractivity contribution is -0.155. The van der Waals surface area contributed by atoms with E-state index in [4.69, 9.17) is 4.74 Å². The third kappa shape index (κ3) is 4.47. The van der Waals surface area contributed by atoms with Gasteiger partial charge in [-0.15, -0.1) is 4.91 Å². The fourth-order valence-corrected chi connectivity index (χ4v) is 0.430. The number of hydrogen-bond acceptors (Lipinski definition) is 4. The summed E-state index contributed by atoms with van der Waals surface area (Å²) in [6.45, 7) is 6.62. The average Bonchev–Trinajstić information content (AvgIpc) is 1.82. The van der Waals surface area contributed by atoms with Crippen LogP contribution in [-0.4, -0.2) is 17.6 Å². The van der Waals surface area contributed by atoms with Gasteiger partial charge >= 0.3 is 5.97 Å². The van der Waals surface area contributed by atoms with Gasteiger partial charge in [-0.3, -0.25) is 0 Å². The van der Waals surface area contributed by atoms with Crippen LogP contribution in [0.1, 0.15) is 27.7 Å². The maximum atomic E-state index is 10.9. The molecular formula is C7H13NO3. The number of hydrogen-bond donors (Lipinski definition) is 0. The number of carbonyl (C=O) groups excluding carboxylic acids is 1. The summed E-state index contributed by atoms with van der Waals surface area (Å²) >= 11 is 0. The van der Waals surface area contributed by atoms with Crippen LogP contribution in [0.2, 0.25) is 0 Å². The van der Waals surface area contributed by atoms with Crippen LogP contribution in [0.3, 0.4) is 0 Å². The normalized spacial score (nSPS) is 13.8. The first-order valence-corrected chi connectivity index (χ1v) is 3.42. The molecule has 1 unspecified atom stereocenters. The molecule has 64 valence electrons. The maximum Gasteiger partial charge on any atom is 0.334 e. The molecule has 0 aromatic carbocycles. The highest BCUT2D eigenvalue weighted by Gasteiger charge is 2.21. The van der Waals surface area contributed by atoms with Gasteiger partial charge in [0.05, 0.1) is 0 Å². The van der Waals surface area contributed by atoms with Gasteiger partial charge in [-0.25, -0.2) is 4.79 Å². The van der Waals surface area contributed by atoms with Crippen molar-refractivity contribution in [2.45, 2.75) is 39.3 Å². The van der Waals surface area contributed by atoms with Crippen LogP contribution in [-0.2, 0) is 9.53 Å². The summed E-state index contributed by atoms with van der Waals surface area (Å²) in [6.07, 6.45) is 0. The summed E-state index contributed by atoms with van der Waals surface area (Å²) in [6, 6.07) is -0.908. The lowest BCUT2D eigenvalue weighted by Crippen LogP contribution is -2.29. The molecule has 0 spiro atoms. The van der Waals surface area contributed by atoms with Crippen molar-refractivity contribution in [1.29, 1.82) is 0 Å². The predicted octanol–water partition coefficient (Wildman–Crippen LogP) is 1.48. The van der Waals surface area contributed by atoms with E-state index in [1.165, 1.54) is 6.92 Å². The van der Waals surface area contributed by atoms with E-state index in [2.05, 4.69) is 5.18 Å². The van der Waals surface area contributed by atoms with Gasteiger partial charge in [0.15, 0.2) is 6.04 Å². The zero-order valence-corrected chi connectivity index (χ0v) is 7.25. The van der Waals surface area contributed by atoms with Crippen molar-refractivity contribution in [1.82, 2.24) is 0 Å². The van der Waals surface area contributed by atoms with Crippen LogP contribution in [0, 0.1) is 4.91 Å². The lowest BCUT2D eigenvalue weighted by atomic mass is 10.2. The van der Waals surface area contributed by atoms with Crippen molar-refractivity contribution in [3.63, 3.8) is 0 Å². The van der Waals surface area contributed by atoms with Gasteiger partial charge in [-0.1, -0.05) is 5.18 Å². The first-order valence-electron chi connectivity index (χ1n) is 3.42. The van der Waals surface area contributed by atoms with Crippen molar-refractivity contribution >= 4 is 5.97 Å². The van der Waals surface area contributed by atoms with Gasteiger partial charge in [0, 0.05) is 0 Å². The third-order valence-corrected chi connectivity index (χ3v) is 0.906. The van der Waals surface area contributed by atoms with E-state index in [1.54, 1.807) is 20.8 Å². The van der Waals surface area contributed by atoms with E-state index in [-0.39, 0.29) is 0 Å². The average molecular weight is 159 g/mol. The highest BCUT2D eigenvalue weighted by atomic mass is 16.6. The highest BCUT2D eigenvalue weighted by molar-refractivity contribution is 5.75. The standard InChI is InChI=1S/C7H13NO3/c1-5(8-10)6(9)11-7(2,3)4/h5H,1-4H3. The van der Waals surface area contributed by atoms with Crippen LogP contribution < -0.4 is 0 Å². The molecular weight excluding hydrogens is 146 g/mol. The largest absolute Gasteiger partial charge is 0.458 e. The molecule has 0 aromatic rings. The highest BCUT2D eigenvalue weighted by Crippen LogP contribution is 2.08. The van der Waals surface area contributed by atoms with Gasteiger partial charge < -0.3 is 4.74 Å². The Balaban J connectivity index is 3.98. The van der Waals surface area contributed by atoms with Crippen LogP contribution in [0.25, 0.3) is 0 Å². The predicted molar refractivity (Wildman–Crippen MR) is 41.1 cm³/mol. The Morgan fingerprint density at radius 1 is 1.45 bits per heavy atom. The summed E-state index contributed by atoms with van der Waals surface area (Å²) in [5, 5.41) is 2.55. The molecule has 0 N–H and O–H groups in total. The second-order valence-electron chi connectivity index (χ2n) is 3.31. The molecule has 0 aliphatic carbocycles. The van der Waals surface area contributed by atoms with E-state index >= 15 is 0 Å². The Labute approximate surface area is 65.9 Å². The molecule has 0 saturated carbocycles. The second kappa shape index (κ2) is 3.46. The first kappa shape index (κ1) is 10.1. The lowest BCUT2D eigenvalue weighted by Gasteiger charge is -2.19. The van der Waals surface area contributed by atoms with Gasteiger partial charge in [0.25, 0.3) is 0 Å². The number of carbonyl (C=O) groups is 1. The SMILES string of the molecule is CC(N=O)C(=O)OC(C)(C)C. The molecule has 1 atom stereocenters. The molecule has 0 rings (SSSR count). The first-order chi connectivity index (χ1) is 4.87. The second-order valence-corrected chi connectivity index (χ2v) is 3.31. The Morgan fingerprint density at radius 2 is 1.91 bits per heavy atom. The Morgan fingerprint density at radius 3 is 2.18 bits per heavy atom. The zero-order valence-electron chi connectivity index (χ0n) is 7.25. The molecule has 0 aliphatic heterocycles. The van der Waals surface area contributed by atoms with E-state index < -0.39 is 17.6 Å². The van der Waals surface area contributed by atoms with Crippen LogP contribution >= 0.6 is 0 Å². The van der Waals surface area contributed by atoms with Gasteiger partial charge in [0.1, 0.15) is 5.60 Å². The Kier molecular flexibility index (Phi) is 3.17. The fraction of sp³-hybridized carbons (Fsp3) is 0.857. The minimum Gasteiger partial charge on any atom is -0.458 e. The summed E-state index contributed by atoms with van der Waals surface area (Å²) in [5.74, 6) is -0.576. The van der Waals surface area contributed by atoms with Crippen molar-refractivity contribution in [3.8, 4) is 0 Å². The monoisotopic (exact) mass is 159 g/mol. The zero-order chi connectivity index (χ0) is 9.07. The van der Waals surface area contributed by atoms with Crippen LogP contribution in [0.4, 0.5) is 0 Å². The molecule has 0 radical (unpaired) electrons. The summed E-state index contributed by atoms with van der Waals surface area (Å²) in [4.78, 5) is 20.8. The maximum absolute atomic E-state index is 10.9. The number of esters is 1. The third-order valence-electron chi connectivity index (χ3n) is 0.906. The van der Waals surface area contributed by atoms with Crippen molar-refractivity contribution in [2.75, 3.05) is 0 Å². The summed E-state index contributed by atoms with van der Waals surface area (Å²) in [5.41, 5.74) is -0.546. The molecule has 0 saturated heterocycles. The summed E-state index contributed by atoms with van der Waals surface area (Å²) in [7, 11) is 0. The summed E-state index contributed by atoms with van der Waals surface area (Å²) < 4.78 is 4.86. The van der Waals surface area contributed by atoms with Gasteiger partial charge in [-0.2, -0.15) is 0 Å². The van der Waals surface area contributed by atoms with Crippen molar-refractivity contribution in [3.05, 3.63) is 4.91 Å². The number of nitroso groups, excluding NO2 is 1. The van der Waals surface area contributed by atoms with E-state index in [0.29, 0.717) is 0 Å². The molecule has 0 amide bonds. The quantitative estimate of drug-likeness (QED) is 0.453. The van der Waals surface area contributed by atoms with Crippen LogP contribution in [0.5, 0.6) is 0 Å². The number of rotatable bonds is 2. The fourth-order valence-electron chi connectivity index (χ4n) is 0.430. The van der Waals surface area contributed by atoms with E-state index in [0.717, 1.165) is 0 Å². The van der Waals surface area contributed by atoms with Crippen LogP contribution in [0.15, 0.2) is 5.18 Å². The van der Waals surface area contributed by atoms with Crippen molar-refractivity contribution in [2.24, 2.45) is 5.18 Å². The Bertz CT molecular complexity index is 160. The van der Waals surface area contributed by atoms with Gasteiger partial charge in [0.2, 0.25) is 0 Å². The van der Waals surface area contributed by atoms with Crippen molar-refractivity contribution < 1.29 is 9.53 Å². The molecule has 0 bridgehead atoms. The topological polar surface area (TPSA) is 55.7 Å². The molecule has 0 aromatic heterocycles. The van der Waals surface area contributed by atoms with E-state index in [1.807, 2.05) is 0 Å². The smallest absolute Gasteiger partial charge is 0.334 e. The molecule has 4 nitrogen and oxygen atoms in total. The van der Waals surface area contributed by atoms with Gasteiger partial charge in [-0.05, 0) is 27.7 Å². The molecule has 11 heavy (non-hydrogen) atoms. The molecule has 0 heterocycles. The molecule has 0 aliphatic rings.